The van der Waals surface area contributed by atoms with E-state index in [0.717, 1.165) is 9.28 Å². The van der Waals surface area contributed by atoms with E-state index < -0.39 is 0 Å². The summed E-state index contributed by atoms with van der Waals surface area (Å²) in [6.07, 6.45) is 15.2. The molecule has 0 fully saturated rings. The molecule has 1 rings (SSSR count). The lowest BCUT2D eigenvalue weighted by Gasteiger charge is -2.04. The van der Waals surface area contributed by atoms with Gasteiger partial charge in [-0.15, -0.1) is 6.58 Å². The summed E-state index contributed by atoms with van der Waals surface area (Å²) in [7, 11) is 0. The Morgan fingerprint density at radius 3 is 2.05 bits per heavy atom. The number of aryl methyl sites for hydroxylation is 1. The highest BCUT2D eigenvalue weighted by molar-refractivity contribution is 14.1. The Morgan fingerprint density at radius 1 is 0.955 bits per heavy atom. The van der Waals surface area contributed by atoms with E-state index in [1.54, 1.807) is 0 Å². The first kappa shape index (κ1) is 19.2. The van der Waals surface area contributed by atoms with Gasteiger partial charge in [0, 0.05) is 5.56 Å². The average Bonchev–Trinajstić information content (AvgIpc) is 2.56. The lowest BCUT2D eigenvalue weighted by Crippen LogP contribution is -1.95. The Kier molecular flexibility index (Phi) is 11.1. The Bertz CT molecular complexity index is 437. The molecule has 0 aliphatic carbocycles. The molecule has 0 saturated heterocycles. The molecule has 2 N–H and O–H groups in total. The van der Waals surface area contributed by atoms with Gasteiger partial charge in [0.25, 0.3) is 0 Å². The summed E-state index contributed by atoms with van der Waals surface area (Å²) in [4.78, 5) is 0. The van der Waals surface area contributed by atoms with Gasteiger partial charge in [0.1, 0.15) is 3.72 Å². The average molecular weight is 412 g/mol. The molecule has 3 heteroatoms. The zero-order valence-electron chi connectivity index (χ0n) is 13.6. The van der Waals surface area contributed by atoms with Crippen molar-refractivity contribution in [3.63, 3.8) is 0 Å². The fraction of sp³-hybridized carbons (Fsp3) is 0.526. The standard InChI is InChI=1S/C19H29IN2/c1-2-3-4-5-6-7-8-9-10-11-12-17-13-15-18(16-14-17)19(20)22-21/h2,13-16H,1,3-12,21H2/b22-19-. The van der Waals surface area contributed by atoms with Crippen molar-refractivity contribution >= 4 is 26.3 Å². The maximum absolute atomic E-state index is 5.29. The second-order valence-corrected chi connectivity index (χ2v) is 6.79. The molecule has 0 amide bonds. The Balaban J connectivity index is 2.04. The number of nitrogens with two attached hydrogens (primary N) is 1. The van der Waals surface area contributed by atoms with E-state index in [4.69, 9.17) is 5.84 Å². The molecule has 122 valence electrons. The molecule has 0 aromatic heterocycles. The van der Waals surface area contributed by atoms with E-state index in [9.17, 15) is 0 Å². The topological polar surface area (TPSA) is 38.4 Å². The molecule has 0 radical (unpaired) electrons. The molecule has 0 heterocycles. The van der Waals surface area contributed by atoms with E-state index in [-0.39, 0.29) is 0 Å². The van der Waals surface area contributed by atoms with Crippen LogP contribution in [0.25, 0.3) is 0 Å². The van der Waals surface area contributed by atoms with Crippen LogP contribution in [-0.2, 0) is 6.42 Å². The third-order valence-corrected chi connectivity index (χ3v) is 4.83. The van der Waals surface area contributed by atoms with Gasteiger partial charge in [0.15, 0.2) is 0 Å². The van der Waals surface area contributed by atoms with Crippen molar-refractivity contribution in [3.05, 3.63) is 48.0 Å². The van der Waals surface area contributed by atoms with Crippen LogP contribution < -0.4 is 5.84 Å². The molecule has 0 unspecified atom stereocenters. The first-order chi connectivity index (χ1) is 10.8. The van der Waals surface area contributed by atoms with Crippen LogP contribution in [0.3, 0.4) is 0 Å². The molecule has 0 atom stereocenters. The fourth-order valence-electron chi connectivity index (χ4n) is 2.56. The molecule has 22 heavy (non-hydrogen) atoms. The van der Waals surface area contributed by atoms with E-state index in [1.165, 1.54) is 69.8 Å². The van der Waals surface area contributed by atoms with Crippen LogP contribution in [0.5, 0.6) is 0 Å². The highest BCUT2D eigenvalue weighted by Gasteiger charge is 1.99. The maximum Gasteiger partial charge on any atom is 0.128 e. The first-order valence-corrected chi connectivity index (χ1v) is 9.49. The zero-order chi connectivity index (χ0) is 16.0. The summed E-state index contributed by atoms with van der Waals surface area (Å²) in [5, 5.41) is 3.71. The second-order valence-electron chi connectivity index (χ2n) is 5.77. The summed E-state index contributed by atoms with van der Waals surface area (Å²) >= 11 is 2.16. The predicted molar refractivity (Wildman–Crippen MR) is 107 cm³/mol. The van der Waals surface area contributed by atoms with Crippen molar-refractivity contribution < 1.29 is 0 Å². The summed E-state index contributed by atoms with van der Waals surface area (Å²) in [5.74, 6) is 5.29. The van der Waals surface area contributed by atoms with E-state index >= 15 is 0 Å². The number of nitrogens with zero attached hydrogens (tertiary/aromatic N) is 1. The largest absolute Gasteiger partial charge is 0.322 e. The minimum atomic E-state index is 0.859. The molecule has 0 aliphatic rings. The van der Waals surface area contributed by atoms with Crippen LogP contribution in [0, 0.1) is 0 Å². The molecule has 0 saturated carbocycles. The number of benzene rings is 1. The van der Waals surface area contributed by atoms with Crippen molar-refractivity contribution in [1.29, 1.82) is 0 Å². The van der Waals surface area contributed by atoms with Crippen molar-refractivity contribution in [2.24, 2.45) is 10.9 Å². The lowest BCUT2D eigenvalue weighted by atomic mass is 10.0. The number of halogens is 1. The third-order valence-electron chi connectivity index (χ3n) is 3.93. The van der Waals surface area contributed by atoms with Crippen LogP contribution in [0.15, 0.2) is 42.0 Å². The van der Waals surface area contributed by atoms with Crippen molar-refractivity contribution in [3.8, 4) is 0 Å². The minimum Gasteiger partial charge on any atom is -0.322 e. The molecule has 0 spiro atoms. The Morgan fingerprint density at radius 2 is 1.50 bits per heavy atom. The summed E-state index contributed by atoms with van der Waals surface area (Å²) in [5.41, 5.74) is 2.51. The number of hydrogen-bond acceptors (Lipinski definition) is 2. The van der Waals surface area contributed by atoms with Gasteiger partial charge in [0.05, 0.1) is 0 Å². The number of rotatable bonds is 12. The van der Waals surface area contributed by atoms with Gasteiger partial charge in [-0.3, -0.25) is 0 Å². The van der Waals surface area contributed by atoms with E-state index in [0.29, 0.717) is 0 Å². The summed E-state index contributed by atoms with van der Waals surface area (Å²) < 4.78 is 0.859. The Hall–Kier alpha value is -0.840. The van der Waals surface area contributed by atoms with Crippen LogP contribution in [-0.4, -0.2) is 3.72 Å². The molecule has 2 nitrogen and oxygen atoms in total. The zero-order valence-corrected chi connectivity index (χ0v) is 15.7. The smallest absolute Gasteiger partial charge is 0.128 e. The van der Waals surface area contributed by atoms with Crippen molar-refractivity contribution in [2.45, 2.75) is 64.2 Å². The minimum absolute atomic E-state index is 0.859. The maximum atomic E-state index is 5.29. The van der Waals surface area contributed by atoms with Crippen molar-refractivity contribution in [1.82, 2.24) is 0 Å². The lowest BCUT2D eigenvalue weighted by molar-refractivity contribution is 0.569. The molecular weight excluding hydrogens is 383 g/mol. The number of unbranched alkanes of at least 4 members (excludes halogenated alkanes) is 8. The summed E-state index contributed by atoms with van der Waals surface area (Å²) in [6.45, 7) is 3.76. The van der Waals surface area contributed by atoms with Gasteiger partial charge in [-0.05, 0) is 53.8 Å². The fourth-order valence-corrected chi connectivity index (χ4v) is 2.92. The normalized spacial score (nSPS) is 11.6. The van der Waals surface area contributed by atoms with Gasteiger partial charge in [0.2, 0.25) is 0 Å². The monoisotopic (exact) mass is 412 g/mol. The first-order valence-electron chi connectivity index (χ1n) is 8.41. The molecule has 1 aromatic rings. The van der Waals surface area contributed by atoms with Gasteiger partial charge >= 0.3 is 0 Å². The van der Waals surface area contributed by atoms with Crippen LogP contribution >= 0.6 is 22.6 Å². The van der Waals surface area contributed by atoms with E-state index in [1.807, 2.05) is 6.08 Å². The van der Waals surface area contributed by atoms with Crippen LogP contribution in [0.1, 0.15) is 68.9 Å². The van der Waals surface area contributed by atoms with Gasteiger partial charge in [-0.2, -0.15) is 5.10 Å². The highest BCUT2D eigenvalue weighted by atomic mass is 127. The number of allylic oxidation sites excluding steroid dienone is 1. The van der Waals surface area contributed by atoms with E-state index in [2.05, 4.69) is 58.5 Å². The number of hydrogen-bond donors (Lipinski definition) is 1. The third kappa shape index (κ3) is 8.57. The van der Waals surface area contributed by atoms with Gasteiger partial charge in [-0.25, -0.2) is 0 Å². The Labute approximate surface area is 149 Å². The molecule has 1 aromatic carbocycles. The molecule has 0 aliphatic heterocycles. The predicted octanol–water partition coefficient (Wildman–Crippen LogP) is 5.98. The van der Waals surface area contributed by atoms with Gasteiger partial charge < -0.3 is 5.84 Å². The number of hydrazone groups is 1. The quantitative estimate of drug-likeness (QED) is 0.113. The molecule has 0 bridgehead atoms. The second kappa shape index (κ2) is 12.7. The van der Waals surface area contributed by atoms with Crippen molar-refractivity contribution in [2.75, 3.05) is 0 Å². The van der Waals surface area contributed by atoms with Crippen LogP contribution in [0.4, 0.5) is 0 Å². The van der Waals surface area contributed by atoms with Gasteiger partial charge in [-0.1, -0.05) is 68.9 Å². The SMILES string of the molecule is C=CCCCCCCCCCCc1ccc(/C(I)=N/N)cc1. The molecular formula is C19H29IN2. The summed E-state index contributed by atoms with van der Waals surface area (Å²) in [6, 6.07) is 8.60. The highest BCUT2D eigenvalue weighted by Crippen LogP contribution is 2.14. The van der Waals surface area contributed by atoms with Crippen LogP contribution in [0.2, 0.25) is 0 Å².